The van der Waals surface area contributed by atoms with Crippen molar-refractivity contribution in [1.29, 1.82) is 0 Å². The van der Waals surface area contributed by atoms with Crippen LogP contribution in [0.5, 0.6) is 0 Å². The Kier molecular flexibility index (Phi) is 1.89. The smallest absolute Gasteiger partial charge is 0.112 e. The van der Waals surface area contributed by atoms with Gasteiger partial charge in [0.1, 0.15) is 5.82 Å². The van der Waals surface area contributed by atoms with E-state index in [4.69, 9.17) is 0 Å². The summed E-state index contributed by atoms with van der Waals surface area (Å²) in [6, 6.07) is 0.692. The van der Waals surface area contributed by atoms with Crippen molar-refractivity contribution >= 4 is 0 Å². The molecular formula is C12H18N2. The number of aryl methyl sites for hydroxylation is 1. The Morgan fingerprint density at radius 1 is 1.29 bits per heavy atom. The van der Waals surface area contributed by atoms with E-state index in [0.29, 0.717) is 6.04 Å². The van der Waals surface area contributed by atoms with Crippen LogP contribution in [0.4, 0.5) is 0 Å². The molecule has 2 heterocycles. The predicted octanol–water partition coefficient (Wildman–Crippen LogP) is 3.05. The fourth-order valence-electron chi connectivity index (χ4n) is 2.78. The number of fused-ring (bicyclic) bond motifs is 1. The third kappa shape index (κ3) is 1.13. The van der Waals surface area contributed by atoms with E-state index < -0.39 is 0 Å². The van der Waals surface area contributed by atoms with Gasteiger partial charge in [0.15, 0.2) is 0 Å². The van der Waals surface area contributed by atoms with E-state index in [1.54, 1.807) is 0 Å². The average Bonchev–Trinajstić information content (AvgIpc) is 2.47. The zero-order valence-electron chi connectivity index (χ0n) is 8.87. The second kappa shape index (κ2) is 3.11. The van der Waals surface area contributed by atoms with Gasteiger partial charge in [-0.1, -0.05) is 6.42 Å². The Bertz CT molecular complexity index is 336. The van der Waals surface area contributed by atoms with Gasteiger partial charge in [0.2, 0.25) is 0 Å². The Hall–Kier alpha value is -0.790. The minimum absolute atomic E-state index is 0.692. The third-order valence-corrected chi connectivity index (χ3v) is 3.87. The second-order valence-corrected chi connectivity index (χ2v) is 4.85. The van der Waals surface area contributed by atoms with Gasteiger partial charge in [-0.05, 0) is 39.0 Å². The zero-order valence-corrected chi connectivity index (χ0v) is 8.87. The molecule has 14 heavy (non-hydrogen) atoms. The lowest BCUT2D eigenvalue weighted by molar-refractivity contribution is 0.350. The standard InChI is InChI=1S/C12H18N2/c1-9-4-2-7-11-8-13-12(14(9)11)10-5-3-6-10/h8-10H,2-7H2,1H3. The minimum atomic E-state index is 0.692. The van der Waals surface area contributed by atoms with Gasteiger partial charge in [-0.3, -0.25) is 0 Å². The summed E-state index contributed by atoms with van der Waals surface area (Å²) in [7, 11) is 0. The molecule has 1 fully saturated rings. The molecule has 3 rings (SSSR count). The lowest BCUT2D eigenvalue weighted by Crippen LogP contribution is -2.21. The summed E-state index contributed by atoms with van der Waals surface area (Å²) in [6.45, 7) is 2.34. The van der Waals surface area contributed by atoms with Crippen LogP contribution in [0.1, 0.15) is 62.5 Å². The van der Waals surface area contributed by atoms with Crippen LogP contribution in [-0.2, 0) is 6.42 Å². The molecule has 1 saturated carbocycles. The van der Waals surface area contributed by atoms with Gasteiger partial charge in [0, 0.05) is 23.9 Å². The van der Waals surface area contributed by atoms with Crippen molar-refractivity contribution in [3.05, 3.63) is 17.7 Å². The van der Waals surface area contributed by atoms with Gasteiger partial charge in [0.25, 0.3) is 0 Å². The molecule has 0 spiro atoms. The number of hydrogen-bond donors (Lipinski definition) is 0. The Labute approximate surface area is 85.3 Å². The van der Waals surface area contributed by atoms with Gasteiger partial charge in [-0.2, -0.15) is 0 Å². The highest BCUT2D eigenvalue weighted by molar-refractivity contribution is 5.14. The summed E-state index contributed by atoms with van der Waals surface area (Å²) >= 11 is 0. The van der Waals surface area contributed by atoms with Crippen LogP contribution in [0.2, 0.25) is 0 Å². The maximum absolute atomic E-state index is 4.63. The maximum Gasteiger partial charge on any atom is 0.112 e. The molecule has 1 aliphatic heterocycles. The van der Waals surface area contributed by atoms with Crippen molar-refractivity contribution in [2.24, 2.45) is 0 Å². The van der Waals surface area contributed by atoms with E-state index in [9.17, 15) is 0 Å². The summed E-state index contributed by atoms with van der Waals surface area (Å²) in [5.41, 5.74) is 1.48. The SMILES string of the molecule is CC1CCCc2cnc(C3CCC3)n21. The molecule has 1 atom stereocenters. The van der Waals surface area contributed by atoms with Crippen molar-refractivity contribution in [3.63, 3.8) is 0 Å². The summed E-state index contributed by atoms with van der Waals surface area (Å²) < 4.78 is 2.52. The van der Waals surface area contributed by atoms with Crippen LogP contribution >= 0.6 is 0 Å². The monoisotopic (exact) mass is 190 g/mol. The highest BCUT2D eigenvalue weighted by Gasteiger charge is 2.28. The van der Waals surface area contributed by atoms with Crippen molar-refractivity contribution in [2.75, 3.05) is 0 Å². The lowest BCUT2D eigenvalue weighted by atomic mass is 9.84. The molecule has 2 aliphatic rings. The molecule has 0 N–H and O–H groups in total. The third-order valence-electron chi connectivity index (χ3n) is 3.87. The summed E-state index contributed by atoms with van der Waals surface area (Å²) in [4.78, 5) is 4.63. The lowest BCUT2D eigenvalue weighted by Gasteiger charge is -2.30. The normalized spacial score (nSPS) is 27.1. The Balaban J connectivity index is 2.00. The molecule has 76 valence electrons. The first-order chi connectivity index (χ1) is 6.86. The van der Waals surface area contributed by atoms with Crippen LogP contribution in [0.3, 0.4) is 0 Å². The first-order valence-corrected chi connectivity index (χ1v) is 5.92. The first-order valence-electron chi connectivity index (χ1n) is 5.92. The van der Waals surface area contributed by atoms with Crippen LogP contribution in [0, 0.1) is 0 Å². The predicted molar refractivity (Wildman–Crippen MR) is 56.5 cm³/mol. The van der Waals surface area contributed by atoms with Gasteiger partial charge in [0.05, 0.1) is 0 Å². The molecule has 1 aliphatic carbocycles. The number of rotatable bonds is 1. The highest BCUT2D eigenvalue weighted by Crippen LogP contribution is 2.38. The fourth-order valence-corrected chi connectivity index (χ4v) is 2.78. The molecule has 0 bridgehead atoms. The van der Waals surface area contributed by atoms with E-state index in [0.717, 1.165) is 5.92 Å². The van der Waals surface area contributed by atoms with Gasteiger partial charge < -0.3 is 4.57 Å². The van der Waals surface area contributed by atoms with Crippen LogP contribution in [0.15, 0.2) is 6.20 Å². The van der Waals surface area contributed by atoms with E-state index in [1.165, 1.54) is 50.0 Å². The molecule has 2 heteroatoms. The van der Waals surface area contributed by atoms with Gasteiger partial charge in [-0.25, -0.2) is 4.98 Å². The number of hydrogen-bond acceptors (Lipinski definition) is 1. The number of aromatic nitrogens is 2. The molecule has 1 aromatic rings. The fraction of sp³-hybridized carbons (Fsp3) is 0.750. The van der Waals surface area contributed by atoms with Crippen LogP contribution < -0.4 is 0 Å². The molecule has 0 saturated heterocycles. The second-order valence-electron chi connectivity index (χ2n) is 4.85. The van der Waals surface area contributed by atoms with E-state index in [2.05, 4.69) is 22.7 Å². The number of nitrogens with zero attached hydrogens (tertiary/aromatic N) is 2. The summed E-state index contributed by atoms with van der Waals surface area (Å²) in [5, 5.41) is 0. The molecular weight excluding hydrogens is 172 g/mol. The summed E-state index contributed by atoms with van der Waals surface area (Å²) in [5.74, 6) is 2.17. The minimum Gasteiger partial charge on any atom is -0.329 e. The van der Waals surface area contributed by atoms with Crippen molar-refractivity contribution in [2.45, 2.75) is 57.4 Å². The molecule has 0 aromatic carbocycles. The zero-order chi connectivity index (χ0) is 9.54. The first kappa shape index (κ1) is 8.51. The molecule has 0 amide bonds. The maximum atomic E-state index is 4.63. The molecule has 2 nitrogen and oxygen atoms in total. The van der Waals surface area contributed by atoms with Crippen molar-refractivity contribution in [1.82, 2.24) is 9.55 Å². The number of imidazole rings is 1. The van der Waals surface area contributed by atoms with Gasteiger partial charge >= 0.3 is 0 Å². The Morgan fingerprint density at radius 3 is 2.86 bits per heavy atom. The molecule has 0 radical (unpaired) electrons. The topological polar surface area (TPSA) is 17.8 Å². The van der Waals surface area contributed by atoms with Crippen LogP contribution in [0.25, 0.3) is 0 Å². The van der Waals surface area contributed by atoms with E-state index in [-0.39, 0.29) is 0 Å². The molecule has 1 aromatic heterocycles. The van der Waals surface area contributed by atoms with E-state index in [1.807, 2.05) is 0 Å². The average molecular weight is 190 g/mol. The van der Waals surface area contributed by atoms with Crippen LogP contribution in [-0.4, -0.2) is 9.55 Å². The quantitative estimate of drug-likeness (QED) is 0.665. The van der Waals surface area contributed by atoms with Crippen molar-refractivity contribution < 1.29 is 0 Å². The molecule has 1 unspecified atom stereocenters. The Morgan fingerprint density at radius 2 is 2.14 bits per heavy atom. The highest BCUT2D eigenvalue weighted by atomic mass is 15.1. The van der Waals surface area contributed by atoms with Gasteiger partial charge in [-0.15, -0.1) is 0 Å². The largest absolute Gasteiger partial charge is 0.329 e. The summed E-state index contributed by atoms with van der Waals surface area (Å²) in [6.07, 6.45) is 10.2. The van der Waals surface area contributed by atoms with E-state index >= 15 is 0 Å². The van der Waals surface area contributed by atoms with Crippen molar-refractivity contribution in [3.8, 4) is 0 Å².